The molecular weight excluding hydrogens is 320 g/mol. The van der Waals surface area contributed by atoms with Crippen LogP contribution in [0.5, 0.6) is 11.5 Å². The summed E-state index contributed by atoms with van der Waals surface area (Å²) in [7, 11) is 0. The Morgan fingerprint density at radius 2 is 1.72 bits per heavy atom. The number of esters is 1. The number of carbonyl (C=O) groups is 2. The van der Waals surface area contributed by atoms with E-state index in [9.17, 15) is 14.7 Å². The van der Waals surface area contributed by atoms with Gasteiger partial charge in [-0.3, -0.25) is 9.59 Å². The maximum atomic E-state index is 11.9. The molecule has 25 heavy (non-hydrogen) atoms. The van der Waals surface area contributed by atoms with E-state index in [2.05, 4.69) is 5.32 Å². The molecule has 0 aliphatic heterocycles. The number of rotatable bonds is 6. The number of hydrogen-bond acceptors (Lipinski definition) is 5. The first-order valence-electron chi connectivity index (χ1n) is 7.90. The van der Waals surface area contributed by atoms with Crippen LogP contribution in [0.25, 0.3) is 0 Å². The fourth-order valence-electron chi connectivity index (χ4n) is 2.66. The Bertz CT molecular complexity index is 741. The molecule has 0 radical (unpaired) electrons. The van der Waals surface area contributed by atoms with Gasteiger partial charge in [0.25, 0.3) is 0 Å². The van der Waals surface area contributed by atoms with Gasteiger partial charge < -0.3 is 20.9 Å². The Labute approximate surface area is 146 Å². The van der Waals surface area contributed by atoms with E-state index >= 15 is 0 Å². The zero-order valence-corrected chi connectivity index (χ0v) is 14.3. The van der Waals surface area contributed by atoms with Gasteiger partial charge in [-0.05, 0) is 48.7 Å². The average molecular weight is 342 g/mol. The minimum atomic E-state index is -0.701. The van der Waals surface area contributed by atoms with Gasteiger partial charge in [0.15, 0.2) is 0 Å². The Morgan fingerprint density at radius 1 is 1.12 bits per heavy atom. The van der Waals surface area contributed by atoms with Crippen LogP contribution in [0.4, 0.5) is 0 Å². The smallest absolute Gasteiger partial charge is 0.308 e. The molecule has 0 heterocycles. The zero-order chi connectivity index (χ0) is 18.4. The van der Waals surface area contributed by atoms with Crippen molar-refractivity contribution in [2.24, 2.45) is 5.73 Å². The monoisotopic (exact) mass is 342 g/mol. The maximum Gasteiger partial charge on any atom is 0.308 e. The van der Waals surface area contributed by atoms with Gasteiger partial charge in [-0.25, -0.2) is 0 Å². The van der Waals surface area contributed by atoms with E-state index in [1.165, 1.54) is 6.92 Å². The molecule has 2 aromatic carbocycles. The molecular formula is C19H22N2O4. The third kappa shape index (κ3) is 5.06. The highest BCUT2D eigenvalue weighted by Crippen LogP contribution is 2.28. The Morgan fingerprint density at radius 3 is 2.24 bits per heavy atom. The summed E-state index contributed by atoms with van der Waals surface area (Å²) in [4.78, 5) is 22.9. The van der Waals surface area contributed by atoms with Crippen molar-refractivity contribution in [2.45, 2.75) is 25.8 Å². The van der Waals surface area contributed by atoms with E-state index in [0.717, 1.165) is 11.1 Å². The van der Waals surface area contributed by atoms with E-state index in [-0.39, 0.29) is 24.2 Å². The lowest BCUT2D eigenvalue weighted by Gasteiger charge is -2.32. The van der Waals surface area contributed by atoms with E-state index in [1.54, 1.807) is 36.4 Å². The Balaban J connectivity index is 2.27. The Kier molecular flexibility index (Phi) is 5.77. The summed E-state index contributed by atoms with van der Waals surface area (Å²) in [6.45, 7) is 3.13. The molecule has 0 saturated heterocycles. The minimum absolute atomic E-state index is 0.112. The summed E-state index contributed by atoms with van der Waals surface area (Å²) in [6, 6.07) is 13.8. The highest BCUT2D eigenvalue weighted by Gasteiger charge is 2.28. The summed E-state index contributed by atoms with van der Waals surface area (Å²) in [6.07, 6.45) is 0.504. The first kappa shape index (κ1) is 18.5. The molecule has 132 valence electrons. The van der Waals surface area contributed by atoms with Crippen LogP contribution in [-0.4, -0.2) is 23.5 Å². The minimum Gasteiger partial charge on any atom is -0.508 e. The quantitative estimate of drug-likeness (QED) is 0.549. The van der Waals surface area contributed by atoms with Gasteiger partial charge in [0.05, 0.1) is 12.1 Å². The molecule has 1 atom stereocenters. The molecule has 0 aliphatic rings. The predicted molar refractivity (Wildman–Crippen MR) is 94.1 cm³/mol. The van der Waals surface area contributed by atoms with Crippen molar-refractivity contribution in [3.05, 3.63) is 59.7 Å². The third-order valence-electron chi connectivity index (χ3n) is 3.85. The standard InChI is InChI=1S/C19H22N2O4/c1-13(22)25-17-9-3-14(4-10-17)11-19(2,21-18(24)12-20)15-5-7-16(23)8-6-15/h3-10,23H,11-12,20H2,1-2H3,(H,21,24). The second kappa shape index (κ2) is 7.81. The van der Waals surface area contributed by atoms with Gasteiger partial charge in [-0.1, -0.05) is 24.3 Å². The molecule has 4 N–H and O–H groups in total. The third-order valence-corrected chi connectivity index (χ3v) is 3.85. The number of phenols is 1. The number of nitrogens with two attached hydrogens (primary N) is 1. The fraction of sp³-hybridized carbons (Fsp3) is 0.263. The van der Waals surface area contributed by atoms with Crippen LogP contribution in [0, 0.1) is 0 Å². The second-order valence-corrected chi connectivity index (χ2v) is 6.05. The van der Waals surface area contributed by atoms with E-state index < -0.39 is 5.54 Å². The van der Waals surface area contributed by atoms with Gasteiger partial charge >= 0.3 is 5.97 Å². The number of hydrogen-bond donors (Lipinski definition) is 3. The summed E-state index contributed by atoms with van der Waals surface area (Å²) < 4.78 is 5.03. The van der Waals surface area contributed by atoms with Gasteiger partial charge in [0, 0.05) is 6.92 Å². The van der Waals surface area contributed by atoms with Crippen molar-refractivity contribution in [3.63, 3.8) is 0 Å². The number of benzene rings is 2. The molecule has 1 amide bonds. The van der Waals surface area contributed by atoms with Crippen LogP contribution in [0.2, 0.25) is 0 Å². The molecule has 0 bridgehead atoms. The van der Waals surface area contributed by atoms with Gasteiger partial charge in [-0.2, -0.15) is 0 Å². The average Bonchev–Trinajstić information content (AvgIpc) is 2.56. The summed E-state index contributed by atoms with van der Waals surface area (Å²) in [5, 5.41) is 12.4. The van der Waals surface area contributed by atoms with Gasteiger partial charge in [0.2, 0.25) is 5.91 Å². The number of phenolic OH excluding ortho intramolecular Hbond substituents is 1. The number of nitrogens with one attached hydrogen (secondary N) is 1. The van der Waals surface area contributed by atoms with Crippen LogP contribution < -0.4 is 15.8 Å². The van der Waals surface area contributed by atoms with Gasteiger partial charge in [0.1, 0.15) is 11.5 Å². The molecule has 0 spiro atoms. The maximum absolute atomic E-state index is 11.9. The van der Waals surface area contributed by atoms with E-state index in [4.69, 9.17) is 10.5 Å². The van der Waals surface area contributed by atoms with Gasteiger partial charge in [-0.15, -0.1) is 0 Å². The summed E-state index contributed by atoms with van der Waals surface area (Å²) in [5.41, 5.74) is 6.53. The highest BCUT2D eigenvalue weighted by molar-refractivity contribution is 5.78. The number of carbonyl (C=O) groups excluding carboxylic acids is 2. The molecule has 0 fully saturated rings. The van der Waals surface area contributed by atoms with Crippen LogP contribution in [0.3, 0.4) is 0 Å². The first-order valence-corrected chi connectivity index (χ1v) is 7.90. The lowest BCUT2D eigenvalue weighted by atomic mass is 9.85. The van der Waals surface area contributed by atoms with Crippen LogP contribution >= 0.6 is 0 Å². The highest BCUT2D eigenvalue weighted by atomic mass is 16.5. The lowest BCUT2D eigenvalue weighted by molar-refractivity contribution is -0.131. The van der Waals surface area contributed by atoms with Crippen molar-refractivity contribution in [3.8, 4) is 11.5 Å². The number of ether oxygens (including phenoxy) is 1. The molecule has 0 aromatic heterocycles. The van der Waals surface area contributed by atoms with E-state index in [1.807, 2.05) is 19.1 Å². The molecule has 2 aromatic rings. The molecule has 0 aliphatic carbocycles. The van der Waals surface area contributed by atoms with Crippen LogP contribution in [-0.2, 0) is 21.5 Å². The largest absolute Gasteiger partial charge is 0.508 e. The first-order chi connectivity index (χ1) is 11.8. The molecule has 0 saturated carbocycles. The van der Waals surface area contributed by atoms with Crippen molar-refractivity contribution in [2.75, 3.05) is 6.54 Å². The fourth-order valence-corrected chi connectivity index (χ4v) is 2.66. The lowest BCUT2D eigenvalue weighted by Crippen LogP contribution is -2.47. The zero-order valence-electron chi connectivity index (χ0n) is 14.3. The molecule has 6 nitrogen and oxygen atoms in total. The number of amides is 1. The summed E-state index contributed by atoms with van der Waals surface area (Å²) >= 11 is 0. The van der Waals surface area contributed by atoms with Crippen molar-refractivity contribution < 1.29 is 19.4 Å². The Hall–Kier alpha value is -2.86. The van der Waals surface area contributed by atoms with E-state index in [0.29, 0.717) is 12.2 Å². The second-order valence-electron chi connectivity index (χ2n) is 6.05. The number of aromatic hydroxyl groups is 1. The van der Waals surface area contributed by atoms with Crippen molar-refractivity contribution >= 4 is 11.9 Å². The summed E-state index contributed by atoms with van der Waals surface area (Å²) in [5.74, 6) is -0.0282. The normalized spacial score (nSPS) is 12.9. The molecule has 1 unspecified atom stereocenters. The topological polar surface area (TPSA) is 102 Å². The SMILES string of the molecule is CC(=O)Oc1ccc(CC(C)(NC(=O)CN)c2ccc(O)cc2)cc1. The van der Waals surface area contributed by atoms with Crippen LogP contribution in [0.1, 0.15) is 25.0 Å². The van der Waals surface area contributed by atoms with Crippen molar-refractivity contribution in [1.82, 2.24) is 5.32 Å². The predicted octanol–water partition coefficient (Wildman–Crippen LogP) is 1.85. The van der Waals surface area contributed by atoms with Crippen molar-refractivity contribution in [1.29, 1.82) is 0 Å². The van der Waals surface area contributed by atoms with Crippen LogP contribution in [0.15, 0.2) is 48.5 Å². The molecule has 2 rings (SSSR count). The molecule has 6 heteroatoms.